The number of para-hydroxylation sites is 3. The van der Waals surface area contributed by atoms with Crippen LogP contribution in [0.15, 0.2) is 158 Å². The van der Waals surface area contributed by atoms with Crippen molar-refractivity contribution < 1.29 is 0 Å². The number of hydrogen-bond acceptors (Lipinski definition) is 1. The highest BCUT2D eigenvalue weighted by molar-refractivity contribution is 7.26. The Balaban J connectivity index is 1.15. The van der Waals surface area contributed by atoms with Crippen molar-refractivity contribution >= 4 is 75.1 Å². The maximum atomic E-state index is 2.46. The summed E-state index contributed by atoms with van der Waals surface area (Å²) >= 11 is 1.88. The fraction of sp³-hybridized carbons (Fsp3) is 0. The molecule has 3 aromatic heterocycles. The van der Waals surface area contributed by atoms with Gasteiger partial charge in [0.15, 0.2) is 0 Å². The van der Waals surface area contributed by atoms with Gasteiger partial charge in [0.1, 0.15) is 0 Å². The Morgan fingerprint density at radius 3 is 1.67 bits per heavy atom. The lowest BCUT2D eigenvalue weighted by Crippen LogP contribution is -1.95. The van der Waals surface area contributed by atoms with E-state index in [1.807, 2.05) is 11.3 Å². The number of benzene rings is 7. The van der Waals surface area contributed by atoms with E-state index in [4.69, 9.17) is 0 Å². The van der Waals surface area contributed by atoms with Crippen molar-refractivity contribution in [3.05, 3.63) is 158 Å². The second-order valence-corrected chi connectivity index (χ2v) is 12.8. The zero-order valence-electron chi connectivity index (χ0n) is 24.3. The van der Waals surface area contributed by atoms with Gasteiger partial charge in [-0.3, -0.25) is 0 Å². The minimum Gasteiger partial charge on any atom is -0.309 e. The molecular weight excluding hydrogens is 565 g/mol. The predicted octanol–water partition coefficient (Wildman–Crippen LogP) is 11.9. The summed E-state index contributed by atoms with van der Waals surface area (Å²) in [6.07, 6.45) is 0. The highest BCUT2D eigenvalue weighted by Gasteiger charge is 2.18. The van der Waals surface area contributed by atoms with Crippen LogP contribution in [-0.4, -0.2) is 9.13 Å². The lowest BCUT2D eigenvalue weighted by molar-refractivity contribution is 1.18. The lowest BCUT2D eigenvalue weighted by Gasteiger charge is -2.12. The van der Waals surface area contributed by atoms with E-state index in [1.54, 1.807) is 0 Å². The molecule has 0 aliphatic carbocycles. The highest BCUT2D eigenvalue weighted by Crippen LogP contribution is 2.43. The van der Waals surface area contributed by atoms with Crippen LogP contribution in [0, 0.1) is 0 Å². The zero-order chi connectivity index (χ0) is 29.5. The molecule has 0 bridgehead atoms. The molecule has 0 saturated heterocycles. The monoisotopic (exact) mass is 590 g/mol. The number of nitrogens with zero attached hydrogens (tertiary/aromatic N) is 2. The van der Waals surface area contributed by atoms with E-state index in [0.29, 0.717) is 0 Å². The Hall–Kier alpha value is -5.64. The molecule has 0 radical (unpaired) electrons. The van der Waals surface area contributed by atoms with E-state index in [-0.39, 0.29) is 0 Å². The van der Waals surface area contributed by atoms with Crippen molar-refractivity contribution in [2.45, 2.75) is 0 Å². The maximum absolute atomic E-state index is 2.46. The van der Waals surface area contributed by atoms with Crippen LogP contribution in [0.5, 0.6) is 0 Å². The van der Waals surface area contributed by atoms with Gasteiger partial charge in [0.25, 0.3) is 0 Å². The van der Waals surface area contributed by atoms with E-state index >= 15 is 0 Å². The van der Waals surface area contributed by atoms with Crippen LogP contribution < -0.4 is 0 Å². The van der Waals surface area contributed by atoms with Crippen LogP contribution in [0.2, 0.25) is 0 Å². The third-order valence-corrected chi connectivity index (χ3v) is 10.5. The number of fused-ring (bicyclic) bond motifs is 10. The summed E-state index contributed by atoms with van der Waals surface area (Å²) in [5, 5.41) is 7.80. The largest absolute Gasteiger partial charge is 0.309 e. The number of rotatable bonds is 3. The summed E-state index contributed by atoms with van der Waals surface area (Å²) in [5.74, 6) is 0. The van der Waals surface area contributed by atoms with Gasteiger partial charge >= 0.3 is 0 Å². The SMILES string of the molecule is c1cc(-c2ccc(-n3c4ccccc4c4ccc5sc6ccccc6c5c43)cc2)cc(-n2c3ccccc3c3ccccc32)c1. The van der Waals surface area contributed by atoms with Crippen molar-refractivity contribution in [1.82, 2.24) is 9.13 Å². The fourth-order valence-corrected chi connectivity index (χ4v) is 8.47. The summed E-state index contributed by atoms with van der Waals surface area (Å²) in [6.45, 7) is 0. The molecule has 0 saturated carbocycles. The van der Waals surface area contributed by atoms with E-state index in [2.05, 4.69) is 167 Å². The molecular formula is C42H26N2S. The van der Waals surface area contributed by atoms with Gasteiger partial charge in [0.2, 0.25) is 0 Å². The third-order valence-electron chi connectivity index (χ3n) is 9.32. The average Bonchev–Trinajstić information content (AvgIpc) is 3.76. The molecule has 0 N–H and O–H groups in total. The van der Waals surface area contributed by atoms with Gasteiger partial charge in [-0.05, 0) is 65.7 Å². The molecule has 0 spiro atoms. The van der Waals surface area contributed by atoms with Gasteiger partial charge in [-0.25, -0.2) is 0 Å². The van der Waals surface area contributed by atoms with Gasteiger partial charge in [0, 0.05) is 53.1 Å². The van der Waals surface area contributed by atoms with Crippen LogP contribution in [0.4, 0.5) is 0 Å². The number of aromatic nitrogens is 2. The van der Waals surface area contributed by atoms with Gasteiger partial charge in [0.05, 0.1) is 22.1 Å². The van der Waals surface area contributed by atoms with Crippen LogP contribution in [0.25, 0.3) is 86.3 Å². The van der Waals surface area contributed by atoms with Gasteiger partial charge in [-0.1, -0.05) is 103 Å². The average molecular weight is 591 g/mol. The minimum absolute atomic E-state index is 1.17. The summed E-state index contributed by atoms with van der Waals surface area (Å²) in [7, 11) is 0. The number of thiophene rings is 1. The summed E-state index contributed by atoms with van der Waals surface area (Å²) in [4.78, 5) is 0. The topological polar surface area (TPSA) is 9.86 Å². The van der Waals surface area contributed by atoms with Crippen LogP contribution in [-0.2, 0) is 0 Å². The molecule has 0 amide bonds. The maximum Gasteiger partial charge on any atom is 0.0634 e. The summed E-state index contributed by atoms with van der Waals surface area (Å²) in [5.41, 5.74) is 9.72. The lowest BCUT2D eigenvalue weighted by atomic mass is 10.0. The first-order valence-corrected chi connectivity index (χ1v) is 16.2. The Bertz CT molecular complexity index is 2700. The fourth-order valence-electron chi connectivity index (χ4n) is 7.36. The molecule has 2 nitrogen and oxygen atoms in total. The van der Waals surface area contributed by atoms with Gasteiger partial charge in [-0.15, -0.1) is 11.3 Å². The normalized spacial score (nSPS) is 12.0. The van der Waals surface area contributed by atoms with Crippen LogP contribution >= 0.6 is 11.3 Å². The molecule has 10 rings (SSSR count). The van der Waals surface area contributed by atoms with Crippen molar-refractivity contribution in [2.75, 3.05) is 0 Å². The predicted molar refractivity (Wildman–Crippen MR) is 193 cm³/mol. The minimum atomic E-state index is 1.17. The standard InChI is InChI=1S/C42H26N2S/c1-5-16-36-31(12-1)32-13-2-6-17-37(32)43(36)30-11-9-10-28(26-30)27-20-22-29(23-21-27)44-38-18-7-3-14-33(38)34-24-25-40-41(42(34)44)35-15-4-8-19-39(35)45-40/h1-26H. The second kappa shape index (κ2) is 9.43. The van der Waals surface area contributed by atoms with Crippen molar-refractivity contribution in [3.63, 3.8) is 0 Å². The molecule has 7 aromatic carbocycles. The van der Waals surface area contributed by atoms with Gasteiger partial charge < -0.3 is 9.13 Å². The molecule has 3 heteroatoms. The first-order chi connectivity index (χ1) is 22.3. The molecule has 0 atom stereocenters. The second-order valence-electron chi connectivity index (χ2n) is 11.8. The molecule has 10 aromatic rings. The molecule has 0 unspecified atom stereocenters. The quantitative estimate of drug-likeness (QED) is 0.194. The first-order valence-electron chi connectivity index (χ1n) is 15.4. The third kappa shape index (κ3) is 3.56. The van der Waals surface area contributed by atoms with Crippen molar-refractivity contribution in [2.24, 2.45) is 0 Å². The summed E-state index contributed by atoms with van der Waals surface area (Å²) < 4.78 is 7.50. The van der Waals surface area contributed by atoms with E-state index in [0.717, 1.165) is 0 Å². The Morgan fingerprint density at radius 1 is 0.356 bits per heavy atom. The van der Waals surface area contributed by atoms with Crippen molar-refractivity contribution in [1.29, 1.82) is 0 Å². The Morgan fingerprint density at radius 2 is 0.956 bits per heavy atom. The van der Waals surface area contributed by atoms with E-state index < -0.39 is 0 Å². The van der Waals surface area contributed by atoms with Gasteiger partial charge in [-0.2, -0.15) is 0 Å². The van der Waals surface area contributed by atoms with Crippen LogP contribution in [0.1, 0.15) is 0 Å². The van der Waals surface area contributed by atoms with Crippen molar-refractivity contribution in [3.8, 4) is 22.5 Å². The van der Waals surface area contributed by atoms with E-state index in [9.17, 15) is 0 Å². The molecule has 210 valence electrons. The molecule has 3 heterocycles. The zero-order valence-corrected chi connectivity index (χ0v) is 25.1. The Kier molecular flexibility index (Phi) is 5.19. The van der Waals surface area contributed by atoms with E-state index in [1.165, 1.54) is 86.3 Å². The van der Waals surface area contributed by atoms with Crippen LogP contribution in [0.3, 0.4) is 0 Å². The first kappa shape index (κ1) is 24.8. The molecule has 0 fully saturated rings. The molecule has 45 heavy (non-hydrogen) atoms. The number of hydrogen-bond donors (Lipinski definition) is 0. The highest BCUT2D eigenvalue weighted by atomic mass is 32.1. The smallest absolute Gasteiger partial charge is 0.0634 e. The summed E-state index contributed by atoms with van der Waals surface area (Å²) in [6, 6.07) is 57.6. The molecule has 0 aliphatic rings. The molecule has 0 aliphatic heterocycles. The Labute approximate surface area is 263 Å².